The van der Waals surface area contributed by atoms with Crippen molar-refractivity contribution in [3.8, 4) is 11.1 Å². The first kappa shape index (κ1) is 17.7. The highest BCUT2D eigenvalue weighted by Crippen LogP contribution is 2.29. The van der Waals surface area contributed by atoms with E-state index in [0.29, 0.717) is 11.5 Å². The normalized spacial score (nSPS) is 12.1. The van der Waals surface area contributed by atoms with Gasteiger partial charge in [-0.25, -0.2) is 0 Å². The van der Waals surface area contributed by atoms with Gasteiger partial charge in [0, 0.05) is 5.56 Å². The first-order chi connectivity index (χ1) is 10.8. The Morgan fingerprint density at radius 1 is 0.913 bits per heavy atom. The predicted octanol–water partition coefficient (Wildman–Crippen LogP) is 4.67. The Hall–Kier alpha value is -1.65. The maximum absolute atomic E-state index is 12.4. The third kappa shape index (κ3) is 4.66. The molecule has 0 bridgehead atoms. The Balaban J connectivity index is 2.41. The molecule has 0 aliphatic carbocycles. The Kier molecular flexibility index (Phi) is 5.60. The van der Waals surface area contributed by atoms with Crippen LogP contribution in [0.4, 0.5) is 0 Å². The monoisotopic (exact) mass is 332 g/mol. The summed E-state index contributed by atoms with van der Waals surface area (Å²) in [7, 11) is -3.77. The second-order valence-electron chi connectivity index (χ2n) is 6.39. The van der Waals surface area contributed by atoms with E-state index in [9.17, 15) is 8.42 Å². The average molecular weight is 332 g/mol. The van der Waals surface area contributed by atoms with Crippen LogP contribution in [0, 0.1) is 5.92 Å². The summed E-state index contributed by atoms with van der Waals surface area (Å²) in [6.07, 6.45) is 0.623. The second-order valence-corrected chi connectivity index (χ2v) is 7.93. The lowest BCUT2D eigenvalue weighted by molar-refractivity contribution is 0.249. The van der Waals surface area contributed by atoms with E-state index in [-0.39, 0.29) is 11.0 Å². The molecule has 2 aromatic carbocycles. The van der Waals surface area contributed by atoms with Gasteiger partial charge in [0.2, 0.25) is 0 Å². The zero-order valence-electron chi connectivity index (χ0n) is 14.1. The number of rotatable bonds is 6. The summed E-state index contributed by atoms with van der Waals surface area (Å²) in [5, 5.41) is 0. The Morgan fingerprint density at radius 3 is 2.09 bits per heavy atom. The second kappa shape index (κ2) is 7.28. The van der Waals surface area contributed by atoms with Crippen LogP contribution in [0.1, 0.15) is 33.3 Å². The van der Waals surface area contributed by atoms with Crippen LogP contribution in [0.2, 0.25) is 0 Å². The molecule has 0 aromatic heterocycles. The highest BCUT2D eigenvalue weighted by Gasteiger charge is 2.21. The first-order valence-electron chi connectivity index (χ1n) is 7.91. The summed E-state index contributed by atoms with van der Waals surface area (Å²) in [6, 6.07) is 15.0. The number of hydrogen-bond acceptors (Lipinski definition) is 3. The number of hydrogen-bond donors (Lipinski definition) is 0. The summed E-state index contributed by atoms with van der Waals surface area (Å²) in [5.74, 6) is 0.591. The largest absolute Gasteiger partial charge is 0.297 e. The lowest BCUT2D eigenvalue weighted by Gasteiger charge is -2.13. The van der Waals surface area contributed by atoms with Crippen molar-refractivity contribution >= 4 is 10.1 Å². The average Bonchev–Trinajstić information content (AvgIpc) is 2.46. The molecule has 3 nitrogen and oxygen atoms in total. The van der Waals surface area contributed by atoms with E-state index in [1.165, 1.54) is 5.56 Å². The third-order valence-electron chi connectivity index (χ3n) is 3.38. The van der Waals surface area contributed by atoms with E-state index in [1.54, 1.807) is 26.0 Å². The molecular formula is C19H24O3S. The van der Waals surface area contributed by atoms with Gasteiger partial charge in [-0.3, -0.25) is 4.18 Å². The fourth-order valence-electron chi connectivity index (χ4n) is 2.52. The highest BCUT2D eigenvalue weighted by atomic mass is 32.2. The lowest BCUT2D eigenvalue weighted by atomic mass is 9.99. The Labute approximate surface area is 139 Å². The van der Waals surface area contributed by atoms with Crippen LogP contribution in [-0.2, 0) is 20.7 Å². The van der Waals surface area contributed by atoms with Crippen LogP contribution in [-0.4, -0.2) is 14.5 Å². The maximum atomic E-state index is 12.4. The van der Waals surface area contributed by atoms with Crippen LogP contribution in [0.5, 0.6) is 0 Å². The van der Waals surface area contributed by atoms with Crippen molar-refractivity contribution in [2.75, 3.05) is 0 Å². The van der Waals surface area contributed by atoms with Gasteiger partial charge in [0.25, 0.3) is 10.1 Å². The van der Waals surface area contributed by atoms with Crippen molar-refractivity contribution in [3.05, 3.63) is 54.1 Å². The van der Waals surface area contributed by atoms with Gasteiger partial charge in [-0.05, 0) is 43.4 Å². The van der Waals surface area contributed by atoms with E-state index >= 15 is 0 Å². The summed E-state index contributed by atoms with van der Waals surface area (Å²) in [4.78, 5) is 0.213. The topological polar surface area (TPSA) is 43.4 Å². The van der Waals surface area contributed by atoms with Gasteiger partial charge >= 0.3 is 0 Å². The van der Waals surface area contributed by atoms with E-state index in [2.05, 4.69) is 26.0 Å². The van der Waals surface area contributed by atoms with Crippen LogP contribution in [0.25, 0.3) is 11.1 Å². The summed E-state index contributed by atoms with van der Waals surface area (Å²) in [6.45, 7) is 7.78. The minimum atomic E-state index is -3.77. The molecule has 0 saturated heterocycles. The van der Waals surface area contributed by atoms with Gasteiger partial charge in [0.15, 0.2) is 0 Å². The predicted molar refractivity (Wildman–Crippen MR) is 93.8 cm³/mol. The maximum Gasteiger partial charge on any atom is 0.297 e. The smallest absolute Gasteiger partial charge is 0.264 e. The van der Waals surface area contributed by atoms with Gasteiger partial charge in [-0.2, -0.15) is 8.42 Å². The zero-order chi connectivity index (χ0) is 17.0. The SMILES string of the molecule is CC(C)Cc1ccc(-c2ccccc2S(=O)(=O)OC(C)C)cc1. The van der Waals surface area contributed by atoms with E-state index in [0.717, 1.165) is 12.0 Å². The van der Waals surface area contributed by atoms with Crippen molar-refractivity contribution in [1.29, 1.82) is 0 Å². The molecule has 0 fully saturated rings. The van der Waals surface area contributed by atoms with Crippen molar-refractivity contribution in [3.63, 3.8) is 0 Å². The Bertz CT molecular complexity index is 744. The molecule has 0 N–H and O–H groups in total. The summed E-state index contributed by atoms with van der Waals surface area (Å²) < 4.78 is 30.0. The molecule has 4 heteroatoms. The summed E-state index contributed by atoms with van der Waals surface area (Å²) >= 11 is 0. The fraction of sp³-hybridized carbons (Fsp3) is 0.368. The fourth-order valence-corrected chi connectivity index (χ4v) is 3.83. The molecule has 0 saturated carbocycles. The van der Waals surface area contributed by atoms with Gasteiger partial charge in [-0.15, -0.1) is 0 Å². The van der Waals surface area contributed by atoms with Crippen LogP contribution in [0.3, 0.4) is 0 Å². The molecule has 2 aromatic rings. The van der Waals surface area contributed by atoms with Crippen LogP contribution >= 0.6 is 0 Å². The minimum Gasteiger partial charge on any atom is -0.264 e. The van der Waals surface area contributed by atoms with E-state index in [4.69, 9.17) is 4.18 Å². The Morgan fingerprint density at radius 2 is 1.52 bits per heavy atom. The zero-order valence-corrected chi connectivity index (χ0v) is 14.9. The van der Waals surface area contributed by atoms with Crippen LogP contribution in [0.15, 0.2) is 53.4 Å². The molecule has 0 aliphatic rings. The molecule has 0 unspecified atom stereocenters. The van der Waals surface area contributed by atoms with Gasteiger partial charge in [-0.1, -0.05) is 56.3 Å². The third-order valence-corrected chi connectivity index (χ3v) is 4.92. The standard InChI is InChI=1S/C19H24O3S/c1-14(2)13-16-9-11-17(12-10-16)18-7-5-6-8-19(18)23(20,21)22-15(3)4/h5-12,14-15H,13H2,1-4H3. The molecule has 0 aliphatic heterocycles. The molecule has 0 atom stereocenters. The molecule has 0 radical (unpaired) electrons. The van der Waals surface area contributed by atoms with Gasteiger partial charge < -0.3 is 0 Å². The van der Waals surface area contributed by atoms with Crippen molar-refractivity contribution in [1.82, 2.24) is 0 Å². The molecule has 0 spiro atoms. The van der Waals surface area contributed by atoms with Gasteiger partial charge in [0.1, 0.15) is 4.90 Å². The quantitative estimate of drug-likeness (QED) is 0.722. The number of benzene rings is 2. The molecule has 23 heavy (non-hydrogen) atoms. The highest BCUT2D eigenvalue weighted by molar-refractivity contribution is 7.87. The molecule has 2 rings (SSSR count). The van der Waals surface area contributed by atoms with Crippen molar-refractivity contribution in [2.45, 2.75) is 45.1 Å². The lowest BCUT2D eigenvalue weighted by Crippen LogP contribution is -2.13. The molecular weight excluding hydrogens is 308 g/mol. The van der Waals surface area contributed by atoms with Crippen LogP contribution < -0.4 is 0 Å². The van der Waals surface area contributed by atoms with Crippen molar-refractivity contribution < 1.29 is 12.6 Å². The van der Waals surface area contributed by atoms with E-state index < -0.39 is 10.1 Å². The molecule has 0 heterocycles. The summed E-state index contributed by atoms with van der Waals surface area (Å²) in [5.41, 5.74) is 2.80. The molecule has 0 amide bonds. The molecule has 124 valence electrons. The van der Waals surface area contributed by atoms with Crippen molar-refractivity contribution in [2.24, 2.45) is 5.92 Å². The first-order valence-corrected chi connectivity index (χ1v) is 9.32. The van der Waals surface area contributed by atoms with E-state index in [1.807, 2.05) is 24.3 Å². The van der Waals surface area contributed by atoms with Gasteiger partial charge in [0.05, 0.1) is 6.10 Å². The minimum absolute atomic E-state index is 0.213.